The maximum Gasteiger partial charge on any atom is 0.164 e. The Hall–Kier alpha value is -0.850. The number of benzene rings is 1. The van der Waals surface area contributed by atoms with Gasteiger partial charge in [0.05, 0.1) is 13.2 Å². The molecule has 0 fully saturated rings. The van der Waals surface area contributed by atoms with Crippen molar-refractivity contribution in [2.45, 2.75) is 19.0 Å². The van der Waals surface area contributed by atoms with Crippen molar-refractivity contribution in [3.8, 4) is 0 Å². The van der Waals surface area contributed by atoms with Crippen molar-refractivity contribution in [1.29, 1.82) is 0 Å². The van der Waals surface area contributed by atoms with Gasteiger partial charge in [-0.3, -0.25) is 0 Å². The zero-order chi connectivity index (χ0) is 12.8. The first-order valence-electron chi connectivity index (χ1n) is 5.90. The summed E-state index contributed by atoms with van der Waals surface area (Å²) < 4.78 is 6.35. The lowest BCUT2D eigenvalue weighted by molar-refractivity contribution is 0.238. The van der Waals surface area contributed by atoms with Crippen molar-refractivity contribution in [2.75, 3.05) is 6.61 Å². The van der Waals surface area contributed by atoms with E-state index < -0.39 is 0 Å². The van der Waals surface area contributed by atoms with Crippen LogP contribution in [0, 0.1) is 3.77 Å². The molecule has 0 spiro atoms. The smallest absolute Gasteiger partial charge is 0.164 e. The maximum atomic E-state index is 9.38. The fourth-order valence-corrected chi connectivity index (χ4v) is 2.25. The fourth-order valence-electron chi connectivity index (χ4n) is 1.79. The quantitative estimate of drug-likeness (QED) is 0.782. The predicted molar refractivity (Wildman–Crippen MR) is 79.3 cm³/mol. The van der Waals surface area contributed by atoms with Crippen LogP contribution in [0.15, 0.2) is 46.9 Å². The van der Waals surface area contributed by atoms with Gasteiger partial charge in [0, 0.05) is 6.04 Å². The van der Waals surface area contributed by atoms with Gasteiger partial charge in [0.25, 0.3) is 0 Å². The third-order valence-electron chi connectivity index (χ3n) is 2.74. The van der Waals surface area contributed by atoms with E-state index in [0.717, 1.165) is 15.9 Å². The Morgan fingerprint density at radius 1 is 1.17 bits per heavy atom. The topological polar surface area (TPSA) is 45.4 Å². The number of furan rings is 1. The number of aliphatic hydroxyl groups excluding tert-OH is 1. The molecular weight excluding hydrogens is 341 g/mol. The van der Waals surface area contributed by atoms with Gasteiger partial charge in [0.1, 0.15) is 5.76 Å². The molecule has 0 saturated carbocycles. The number of halogens is 1. The number of nitrogens with one attached hydrogen (secondary N) is 1. The Morgan fingerprint density at radius 2 is 1.94 bits per heavy atom. The molecule has 2 aromatic rings. The van der Waals surface area contributed by atoms with Crippen molar-refractivity contribution in [3.05, 3.63) is 57.6 Å². The molecule has 1 unspecified atom stereocenters. The van der Waals surface area contributed by atoms with Crippen LogP contribution in [0.1, 0.15) is 11.3 Å². The minimum atomic E-state index is 0.0511. The molecule has 2 N–H and O–H groups in total. The molecule has 2 rings (SSSR count). The highest BCUT2D eigenvalue weighted by Crippen LogP contribution is 2.10. The van der Waals surface area contributed by atoms with Gasteiger partial charge in [-0.1, -0.05) is 30.3 Å². The third-order valence-corrected chi connectivity index (χ3v) is 3.32. The molecule has 0 aliphatic rings. The molecule has 96 valence electrons. The summed E-state index contributed by atoms with van der Waals surface area (Å²) in [6, 6.07) is 14.1. The van der Waals surface area contributed by atoms with E-state index in [4.69, 9.17) is 4.42 Å². The molecule has 1 atom stereocenters. The SMILES string of the molecule is OCC(Cc1ccccc1)NCc1ccc(I)o1. The second-order valence-corrected chi connectivity index (χ2v) is 5.22. The first-order chi connectivity index (χ1) is 8.78. The van der Waals surface area contributed by atoms with E-state index in [-0.39, 0.29) is 12.6 Å². The van der Waals surface area contributed by atoms with Gasteiger partial charge in [-0.2, -0.15) is 0 Å². The Bertz CT molecular complexity index is 470. The van der Waals surface area contributed by atoms with Gasteiger partial charge in [-0.05, 0) is 46.7 Å². The van der Waals surface area contributed by atoms with E-state index in [1.165, 1.54) is 5.56 Å². The lowest BCUT2D eigenvalue weighted by Gasteiger charge is -2.15. The largest absolute Gasteiger partial charge is 0.454 e. The zero-order valence-corrected chi connectivity index (χ0v) is 12.1. The number of rotatable bonds is 6. The summed E-state index contributed by atoms with van der Waals surface area (Å²) in [5, 5.41) is 12.7. The van der Waals surface area contributed by atoms with Crippen molar-refractivity contribution < 1.29 is 9.52 Å². The van der Waals surface area contributed by atoms with Crippen LogP contribution in [0.4, 0.5) is 0 Å². The monoisotopic (exact) mass is 357 g/mol. The summed E-state index contributed by atoms with van der Waals surface area (Å²) in [6.45, 7) is 0.758. The molecule has 0 amide bonds. The molecule has 4 heteroatoms. The van der Waals surface area contributed by atoms with Crippen LogP contribution >= 0.6 is 22.6 Å². The molecular formula is C14H16INO2. The maximum absolute atomic E-state index is 9.38. The first kappa shape index (κ1) is 13.6. The van der Waals surface area contributed by atoms with Gasteiger partial charge < -0.3 is 14.8 Å². The molecule has 0 aliphatic carbocycles. The lowest BCUT2D eigenvalue weighted by Crippen LogP contribution is -2.33. The van der Waals surface area contributed by atoms with E-state index >= 15 is 0 Å². The Labute approximate surface area is 120 Å². The van der Waals surface area contributed by atoms with Gasteiger partial charge in [0.2, 0.25) is 0 Å². The molecule has 1 heterocycles. The summed E-state index contributed by atoms with van der Waals surface area (Å²) >= 11 is 2.14. The van der Waals surface area contributed by atoms with E-state index in [0.29, 0.717) is 6.54 Å². The van der Waals surface area contributed by atoms with Crippen LogP contribution in [0.3, 0.4) is 0 Å². The summed E-state index contributed by atoms with van der Waals surface area (Å²) in [5.74, 6) is 0.894. The summed E-state index contributed by atoms with van der Waals surface area (Å²) in [7, 11) is 0. The van der Waals surface area contributed by atoms with Crippen molar-refractivity contribution in [1.82, 2.24) is 5.32 Å². The Kier molecular flexibility index (Phi) is 5.22. The van der Waals surface area contributed by atoms with Crippen molar-refractivity contribution >= 4 is 22.6 Å². The van der Waals surface area contributed by atoms with Gasteiger partial charge in [0.15, 0.2) is 3.77 Å². The van der Waals surface area contributed by atoms with Gasteiger partial charge in [-0.15, -0.1) is 0 Å². The van der Waals surface area contributed by atoms with Crippen LogP contribution in [0.5, 0.6) is 0 Å². The molecule has 1 aromatic heterocycles. The molecule has 0 bridgehead atoms. The van der Waals surface area contributed by atoms with Crippen LogP contribution in [0.25, 0.3) is 0 Å². The average Bonchev–Trinajstić information content (AvgIpc) is 2.81. The first-order valence-corrected chi connectivity index (χ1v) is 6.98. The van der Waals surface area contributed by atoms with Gasteiger partial charge >= 0.3 is 0 Å². The van der Waals surface area contributed by atoms with Crippen LogP contribution < -0.4 is 5.32 Å². The zero-order valence-electron chi connectivity index (χ0n) is 9.97. The van der Waals surface area contributed by atoms with Crippen LogP contribution in [0.2, 0.25) is 0 Å². The van der Waals surface area contributed by atoms with E-state index in [2.05, 4.69) is 40.0 Å². The number of hydrogen-bond acceptors (Lipinski definition) is 3. The Balaban J connectivity index is 1.86. The highest BCUT2D eigenvalue weighted by Gasteiger charge is 2.09. The van der Waals surface area contributed by atoms with Gasteiger partial charge in [-0.25, -0.2) is 0 Å². The summed E-state index contributed by atoms with van der Waals surface area (Å²) in [4.78, 5) is 0. The molecule has 1 aromatic carbocycles. The minimum Gasteiger partial charge on any atom is -0.454 e. The number of hydrogen-bond donors (Lipinski definition) is 2. The average molecular weight is 357 g/mol. The lowest BCUT2D eigenvalue weighted by atomic mass is 10.1. The number of aliphatic hydroxyl groups is 1. The van der Waals surface area contributed by atoms with Crippen LogP contribution in [-0.2, 0) is 13.0 Å². The highest BCUT2D eigenvalue weighted by atomic mass is 127. The normalized spacial score (nSPS) is 12.6. The fraction of sp³-hybridized carbons (Fsp3) is 0.286. The minimum absolute atomic E-state index is 0.0511. The summed E-state index contributed by atoms with van der Waals surface area (Å²) in [5.41, 5.74) is 1.22. The van der Waals surface area contributed by atoms with E-state index in [1.807, 2.05) is 30.3 Å². The van der Waals surface area contributed by atoms with Crippen molar-refractivity contribution in [2.24, 2.45) is 0 Å². The molecule has 0 radical (unpaired) electrons. The van der Waals surface area contributed by atoms with E-state index in [9.17, 15) is 5.11 Å². The Morgan fingerprint density at radius 3 is 2.56 bits per heavy atom. The second-order valence-electron chi connectivity index (χ2n) is 4.16. The highest BCUT2D eigenvalue weighted by molar-refractivity contribution is 14.1. The second kappa shape index (κ2) is 6.92. The third kappa shape index (κ3) is 4.12. The standard InChI is InChI=1S/C14H16INO2/c15-14-7-6-13(18-14)9-16-12(10-17)8-11-4-2-1-3-5-11/h1-7,12,16-17H,8-10H2. The van der Waals surface area contributed by atoms with Crippen molar-refractivity contribution in [3.63, 3.8) is 0 Å². The molecule has 3 nitrogen and oxygen atoms in total. The van der Waals surface area contributed by atoms with Crippen LogP contribution in [-0.4, -0.2) is 17.8 Å². The predicted octanol–water partition coefficient (Wildman–Crippen LogP) is 2.58. The van der Waals surface area contributed by atoms with E-state index in [1.54, 1.807) is 0 Å². The molecule has 18 heavy (non-hydrogen) atoms. The molecule has 0 aliphatic heterocycles. The molecule has 0 saturated heterocycles. The summed E-state index contributed by atoms with van der Waals surface area (Å²) in [6.07, 6.45) is 0.815.